The Balaban J connectivity index is 1.16. The molecule has 0 aromatic carbocycles. The summed E-state index contributed by atoms with van der Waals surface area (Å²) in [6.45, 7) is 0.930. The molecule has 0 saturated carbocycles. The van der Waals surface area contributed by atoms with Gasteiger partial charge in [-0.2, -0.15) is 0 Å². The van der Waals surface area contributed by atoms with Gasteiger partial charge in [-0.25, -0.2) is 0 Å². The van der Waals surface area contributed by atoms with E-state index < -0.39 is 107 Å². The summed E-state index contributed by atoms with van der Waals surface area (Å²) in [6.07, 6.45) is 12.0. The summed E-state index contributed by atoms with van der Waals surface area (Å²) in [4.78, 5) is 276. The number of rotatable bonds is 78. The zero-order valence-corrected chi connectivity index (χ0v) is 72.5. The SMILES string of the molecule is O=C(O)CCOCCNC(=O)C(CCCCNC(=O)CCOCCNC(=O)C(CCCCCC(=O)CCOCCNC(=O)CCN1C(=O)C=CC1=O)NC(=O)CCOCCNC(=O)CCN1C(=O)C=CC1=O)CC(=O)CCOCCNC(=O)C(CCCCNC(=O)CCOCCNC(=O)CCN1C(=O)C=CC1=O)CC(=O)CCOCCNC(=O)CCN1C(=O)C=CC1=O. The minimum atomic E-state index is -1.06. The summed E-state index contributed by atoms with van der Waals surface area (Å²) >= 11 is 0. The van der Waals surface area contributed by atoms with Crippen LogP contribution in [-0.2, 0) is 139 Å². The van der Waals surface area contributed by atoms with Gasteiger partial charge < -0.3 is 91.4 Å². The van der Waals surface area contributed by atoms with Crippen LogP contribution in [0, 0.1) is 11.8 Å². The monoisotopic (exact) mass is 1810 g/mol. The molecule has 4 heterocycles. The van der Waals surface area contributed by atoms with E-state index in [0.717, 1.165) is 68.2 Å². The Hall–Kier alpha value is -11.6. The van der Waals surface area contributed by atoms with Gasteiger partial charge in [0.1, 0.15) is 23.4 Å². The topological polar surface area (TPSA) is 594 Å². The van der Waals surface area contributed by atoms with Gasteiger partial charge in [0.2, 0.25) is 59.1 Å². The molecule has 4 rings (SSSR count). The van der Waals surface area contributed by atoms with Crippen molar-refractivity contribution >= 4 is 130 Å². The zero-order valence-electron chi connectivity index (χ0n) is 72.5. The fourth-order valence-corrected chi connectivity index (χ4v) is 12.5. The van der Waals surface area contributed by atoms with Gasteiger partial charge in [0.15, 0.2) is 0 Å². The fraction of sp³-hybridized carbons (Fsp3) is 0.643. The average molecular weight is 1810 g/mol. The molecule has 128 heavy (non-hydrogen) atoms. The first kappa shape index (κ1) is 109. The normalized spacial score (nSPS) is 14.0. The standard InChI is InChI=1S/C84H124N14O30/c99-62(24-44-122-51-33-87-66(102)20-40-95-73(109)12-13-74(95)110)10-2-1-3-11-65(94-72(108)29-49-127-54-36-90-69(105)23-43-98-79(115)18-19-80(98)116)84(121)93-39-57-126-48-28-71(107)86-32-7-5-9-61(83(120)92-38-56-128-50-30-81(117)118)59-64(101)26-46-124-55-37-91-82(119)60(58-63(100)25-45-123-52-34-88-67(103)21-41-96-75(111)14-15-76(96)112)8-4-6-31-85-70(106)27-47-125-53-35-89-68(104)22-42-97-77(113)16-17-78(97)114/h12-19,60-61,65H,1-11,20-59H2,(H,85,106)(H,86,107)(H,87,102)(H,88,103)(H,89,104)(H,90,105)(H,91,119)(H,92,120)(H,93,121)(H,94,108)(H,117,118). The summed E-state index contributed by atoms with van der Waals surface area (Å²) in [5, 5.41) is 36.0. The number of Topliss-reactive ketones (excluding diaryl/α,β-unsaturated/α-hetero) is 3. The zero-order chi connectivity index (χ0) is 93.5. The van der Waals surface area contributed by atoms with Crippen molar-refractivity contribution in [3.8, 4) is 0 Å². The Morgan fingerprint density at radius 3 is 0.828 bits per heavy atom. The van der Waals surface area contributed by atoms with Crippen LogP contribution >= 0.6 is 0 Å². The number of carbonyl (C=O) groups excluding carboxylic acids is 21. The van der Waals surface area contributed by atoms with E-state index in [2.05, 4.69) is 53.2 Å². The maximum atomic E-state index is 13.6. The van der Waals surface area contributed by atoms with Crippen LogP contribution in [-0.4, -0.2) is 338 Å². The number of hydrogen-bond donors (Lipinski definition) is 11. The summed E-state index contributed by atoms with van der Waals surface area (Å²) in [5.74, 6) is -11.4. The number of nitrogens with zero attached hydrogens (tertiary/aromatic N) is 4. The van der Waals surface area contributed by atoms with Crippen LogP contribution in [0.25, 0.3) is 0 Å². The van der Waals surface area contributed by atoms with Gasteiger partial charge in [-0.15, -0.1) is 0 Å². The molecule has 4 aliphatic rings. The molecule has 0 aliphatic carbocycles. The molecule has 710 valence electrons. The minimum Gasteiger partial charge on any atom is -0.481 e. The van der Waals surface area contributed by atoms with Crippen molar-refractivity contribution in [1.29, 1.82) is 0 Å². The molecule has 0 aromatic rings. The Kier molecular flexibility index (Phi) is 56.0. The van der Waals surface area contributed by atoms with Crippen molar-refractivity contribution in [2.24, 2.45) is 11.8 Å². The van der Waals surface area contributed by atoms with Crippen LogP contribution in [0.3, 0.4) is 0 Å². The molecule has 0 spiro atoms. The second kappa shape index (κ2) is 65.9. The molecule has 44 heteroatoms. The molecular formula is C84H124N14O30. The second-order valence-corrected chi connectivity index (χ2v) is 29.7. The molecule has 4 aliphatic heterocycles. The molecule has 44 nitrogen and oxygen atoms in total. The van der Waals surface area contributed by atoms with Crippen LogP contribution in [0.1, 0.15) is 154 Å². The van der Waals surface area contributed by atoms with Crippen LogP contribution in [0.5, 0.6) is 0 Å². The van der Waals surface area contributed by atoms with Gasteiger partial charge in [0, 0.05) is 229 Å². The van der Waals surface area contributed by atoms with Crippen molar-refractivity contribution in [3.63, 3.8) is 0 Å². The van der Waals surface area contributed by atoms with E-state index in [1.807, 2.05) is 0 Å². The molecule has 0 saturated heterocycles. The lowest BCUT2D eigenvalue weighted by Gasteiger charge is -2.19. The summed E-state index contributed by atoms with van der Waals surface area (Å²) in [5.41, 5.74) is 0. The van der Waals surface area contributed by atoms with E-state index in [0.29, 0.717) is 44.9 Å². The number of hydrogen-bond acceptors (Lipinski definition) is 29. The molecule has 0 fully saturated rings. The van der Waals surface area contributed by atoms with Crippen LogP contribution in [0.2, 0.25) is 0 Å². The quantitative estimate of drug-likeness (QED) is 0.0210. The largest absolute Gasteiger partial charge is 0.481 e. The van der Waals surface area contributed by atoms with E-state index in [1.54, 1.807) is 0 Å². The maximum Gasteiger partial charge on any atom is 0.305 e. The number of nitrogens with one attached hydrogen (secondary N) is 10. The van der Waals surface area contributed by atoms with Gasteiger partial charge in [0.05, 0.1) is 98.9 Å². The van der Waals surface area contributed by atoms with Gasteiger partial charge in [-0.1, -0.05) is 25.7 Å². The number of carbonyl (C=O) groups is 22. The predicted molar refractivity (Wildman–Crippen MR) is 449 cm³/mol. The number of carboxylic acids is 1. The minimum absolute atomic E-state index is 0.000993. The lowest BCUT2D eigenvalue weighted by molar-refractivity contribution is -0.139. The first-order chi connectivity index (χ1) is 61.6. The third-order valence-electron chi connectivity index (χ3n) is 19.6. The van der Waals surface area contributed by atoms with Gasteiger partial charge in [-0.05, 0) is 38.5 Å². The molecule has 11 N–H and O–H groups in total. The van der Waals surface area contributed by atoms with Crippen molar-refractivity contribution in [3.05, 3.63) is 48.6 Å². The Bertz CT molecular complexity index is 3800. The highest BCUT2D eigenvalue weighted by atomic mass is 16.5. The Morgan fingerprint density at radius 1 is 0.250 bits per heavy atom. The van der Waals surface area contributed by atoms with E-state index in [1.165, 1.54) is 0 Å². The molecule has 18 amide bonds. The highest BCUT2D eigenvalue weighted by molar-refractivity contribution is 6.15. The van der Waals surface area contributed by atoms with Crippen molar-refractivity contribution in [2.75, 3.05) is 178 Å². The Morgan fingerprint density at radius 2 is 0.508 bits per heavy atom. The number of carboxylic acid groups (broad SMARTS) is 1. The van der Waals surface area contributed by atoms with Crippen LogP contribution < -0.4 is 53.2 Å². The molecule has 0 bridgehead atoms. The van der Waals surface area contributed by atoms with E-state index in [4.69, 9.17) is 38.3 Å². The van der Waals surface area contributed by atoms with Crippen molar-refractivity contribution < 1.29 is 144 Å². The Labute approximate surface area is 741 Å². The molecule has 3 atom stereocenters. The lowest BCUT2D eigenvalue weighted by Crippen LogP contribution is -2.47. The first-order valence-electron chi connectivity index (χ1n) is 43.3. The lowest BCUT2D eigenvalue weighted by atomic mass is 9.94. The van der Waals surface area contributed by atoms with Gasteiger partial charge in [0.25, 0.3) is 47.3 Å². The summed E-state index contributed by atoms with van der Waals surface area (Å²) in [6, 6.07) is -0.986. The smallest absolute Gasteiger partial charge is 0.305 e. The summed E-state index contributed by atoms with van der Waals surface area (Å²) < 4.78 is 38.6. The average Bonchev–Trinajstić information content (AvgIpc) is 1.76. The number of imide groups is 4. The number of amides is 18. The highest BCUT2D eigenvalue weighted by Crippen LogP contribution is 2.18. The van der Waals surface area contributed by atoms with Crippen LogP contribution in [0.15, 0.2) is 48.6 Å². The number of ether oxygens (including phenoxy) is 7. The predicted octanol–water partition coefficient (Wildman–Crippen LogP) is -3.28. The maximum absolute atomic E-state index is 13.6. The molecular weight excluding hydrogens is 1680 g/mol. The number of unbranched alkanes of at least 4 members (excludes halogenated alkanes) is 4. The third kappa shape index (κ3) is 50.1. The van der Waals surface area contributed by atoms with Gasteiger partial charge >= 0.3 is 5.97 Å². The molecule has 3 unspecified atom stereocenters. The number of ketones is 3. The van der Waals surface area contributed by atoms with E-state index in [-0.39, 0.29) is 328 Å². The second-order valence-electron chi connectivity index (χ2n) is 29.7. The number of aliphatic carboxylic acids is 1. The molecule has 0 aromatic heterocycles. The van der Waals surface area contributed by atoms with Gasteiger partial charge in [-0.3, -0.25) is 125 Å². The highest BCUT2D eigenvalue weighted by Gasteiger charge is 2.30. The van der Waals surface area contributed by atoms with Crippen molar-refractivity contribution in [2.45, 2.75) is 160 Å². The van der Waals surface area contributed by atoms with E-state index >= 15 is 0 Å². The fourth-order valence-electron chi connectivity index (χ4n) is 12.5. The van der Waals surface area contributed by atoms with E-state index in [9.17, 15) is 105 Å². The summed E-state index contributed by atoms with van der Waals surface area (Å²) in [7, 11) is 0. The van der Waals surface area contributed by atoms with Crippen LogP contribution in [0.4, 0.5) is 0 Å². The molecule has 0 radical (unpaired) electrons. The van der Waals surface area contributed by atoms with Crippen molar-refractivity contribution in [1.82, 2.24) is 72.8 Å². The third-order valence-corrected chi connectivity index (χ3v) is 19.6. The first-order valence-corrected chi connectivity index (χ1v) is 43.3.